The monoisotopic (exact) mass is 492 g/mol. The Morgan fingerprint density at radius 2 is 1.63 bits per heavy atom. The van der Waals surface area contributed by atoms with Gasteiger partial charge < -0.3 is 19.6 Å². The van der Waals surface area contributed by atoms with Crippen molar-refractivity contribution in [3.8, 4) is 11.1 Å². The molecule has 1 aromatic heterocycles. The van der Waals surface area contributed by atoms with Crippen LogP contribution in [0.15, 0.2) is 60.9 Å². The first kappa shape index (κ1) is 23.3. The zero-order valence-corrected chi connectivity index (χ0v) is 19.8. The van der Waals surface area contributed by atoms with E-state index in [0.29, 0.717) is 42.6 Å². The summed E-state index contributed by atoms with van der Waals surface area (Å²) in [6.45, 7) is 2.85. The number of morpholine rings is 1. The van der Waals surface area contributed by atoms with Crippen LogP contribution in [0.25, 0.3) is 11.1 Å². The Kier molecular flexibility index (Phi) is 6.66. The third-order valence-electron chi connectivity index (χ3n) is 6.57. The highest BCUT2D eigenvalue weighted by Crippen LogP contribution is 2.40. The largest absolute Gasteiger partial charge is 0.480 e. The number of hydrogen-bond acceptors (Lipinski definition) is 6. The first-order valence-electron chi connectivity index (χ1n) is 11.6. The molecular formula is C26H25ClN4O4. The Labute approximate surface area is 208 Å². The van der Waals surface area contributed by atoms with E-state index in [1.54, 1.807) is 30.6 Å². The minimum absolute atomic E-state index is 0.328. The SMILES string of the molecule is O=C(O)[C@@H]1CC[C@H](c2ccccc2Cl)N1C(=O)c1ccc(-c2cnc(N3CCOCC3)nc2)cc1. The maximum Gasteiger partial charge on any atom is 0.326 e. The van der Waals surface area contributed by atoms with Gasteiger partial charge in [0.1, 0.15) is 6.04 Å². The van der Waals surface area contributed by atoms with E-state index in [4.69, 9.17) is 16.3 Å². The van der Waals surface area contributed by atoms with Crippen LogP contribution in [0.4, 0.5) is 5.95 Å². The smallest absolute Gasteiger partial charge is 0.326 e. The standard InChI is InChI=1S/C26H25ClN4O4/c27-21-4-2-1-3-20(21)22-9-10-23(25(33)34)31(22)24(32)18-7-5-17(6-8-18)19-15-28-26(29-16-19)30-11-13-35-14-12-30/h1-8,15-16,22-23H,9-14H2,(H,33,34)/t22-,23+/m1/s1. The highest BCUT2D eigenvalue weighted by atomic mass is 35.5. The van der Waals surface area contributed by atoms with E-state index in [2.05, 4.69) is 14.9 Å². The number of aromatic nitrogens is 2. The molecule has 3 heterocycles. The van der Waals surface area contributed by atoms with E-state index in [0.717, 1.165) is 29.8 Å². The van der Waals surface area contributed by atoms with Crippen molar-refractivity contribution in [3.05, 3.63) is 77.1 Å². The Balaban J connectivity index is 1.37. The number of benzene rings is 2. The van der Waals surface area contributed by atoms with Crippen molar-refractivity contribution in [1.29, 1.82) is 0 Å². The molecule has 1 amide bonds. The van der Waals surface area contributed by atoms with Crippen LogP contribution < -0.4 is 4.90 Å². The molecule has 2 aliphatic rings. The van der Waals surface area contributed by atoms with Crippen LogP contribution in [0.2, 0.25) is 5.02 Å². The Morgan fingerprint density at radius 3 is 2.29 bits per heavy atom. The number of aliphatic carboxylic acids is 1. The highest BCUT2D eigenvalue weighted by Gasteiger charge is 2.42. The van der Waals surface area contributed by atoms with Crippen molar-refractivity contribution in [3.63, 3.8) is 0 Å². The van der Waals surface area contributed by atoms with Crippen LogP contribution in [-0.4, -0.2) is 64.2 Å². The van der Waals surface area contributed by atoms with Crippen LogP contribution in [0, 0.1) is 0 Å². The number of halogens is 1. The van der Waals surface area contributed by atoms with Gasteiger partial charge in [0.15, 0.2) is 0 Å². The van der Waals surface area contributed by atoms with E-state index in [-0.39, 0.29) is 5.91 Å². The second kappa shape index (κ2) is 10.0. The van der Waals surface area contributed by atoms with Crippen molar-refractivity contribution >= 4 is 29.4 Å². The van der Waals surface area contributed by atoms with Gasteiger partial charge in [-0.15, -0.1) is 0 Å². The van der Waals surface area contributed by atoms with Gasteiger partial charge in [0, 0.05) is 41.6 Å². The van der Waals surface area contributed by atoms with Gasteiger partial charge in [0.05, 0.1) is 19.3 Å². The highest BCUT2D eigenvalue weighted by molar-refractivity contribution is 6.31. The van der Waals surface area contributed by atoms with Crippen LogP contribution >= 0.6 is 11.6 Å². The summed E-state index contributed by atoms with van der Waals surface area (Å²) in [5.74, 6) is -0.671. The summed E-state index contributed by atoms with van der Waals surface area (Å²) in [4.78, 5) is 38.0. The second-order valence-corrected chi connectivity index (χ2v) is 9.04. The maximum atomic E-state index is 13.5. The number of nitrogens with zero attached hydrogens (tertiary/aromatic N) is 4. The third-order valence-corrected chi connectivity index (χ3v) is 6.91. The van der Waals surface area contributed by atoms with Gasteiger partial charge in [-0.25, -0.2) is 14.8 Å². The molecule has 3 aromatic rings. The molecule has 2 aromatic carbocycles. The predicted octanol–water partition coefficient (Wildman–Crippen LogP) is 4.06. The average Bonchev–Trinajstić information content (AvgIpc) is 3.35. The minimum Gasteiger partial charge on any atom is -0.480 e. The van der Waals surface area contributed by atoms with Gasteiger partial charge in [-0.3, -0.25) is 4.79 Å². The number of likely N-dealkylation sites (tertiary alicyclic amines) is 1. The van der Waals surface area contributed by atoms with Crippen LogP contribution in [0.3, 0.4) is 0 Å². The Bertz CT molecular complexity index is 1210. The Hall–Kier alpha value is -3.49. The molecule has 2 saturated heterocycles. The number of carboxylic acids is 1. The molecule has 9 heteroatoms. The second-order valence-electron chi connectivity index (χ2n) is 8.63. The number of hydrogen-bond donors (Lipinski definition) is 1. The van der Waals surface area contributed by atoms with E-state index in [1.807, 2.05) is 30.3 Å². The summed E-state index contributed by atoms with van der Waals surface area (Å²) in [5, 5.41) is 10.3. The average molecular weight is 493 g/mol. The van der Waals surface area contributed by atoms with Crippen molar-refractivity contribution in [2.75, 3.05) is 31.2 Å². The molecule has 0 saturated carbocycles. The molecule has 2 aliphatic heterocycles. The molecule has 2 fully saturated rings. The van der Waals surface area contributed by atoms with Gasteiger partial charge in [0.2, 0.25) is 5.95 Å². The lowest BCUT2D eigenvalue weighted by Crippen LogP contribution is -2.41. The van der Waals surface area contributed by atoms with Gasteiger partial charge in [-0.1, -0.05) is 41.9 Å². The lowest BCUT2D eigenvalue weighted by Gasteiger charge is -2.29. The van der Waals surface area contributed by atoms with E-state index >= 15 is 0 Å². The summed E-state index contributed by atoms with van der Waals surface area (Å²) >= 11 is 6.39. The molecule has 0 bridgehead atoms. The zero-order valence-electron chi connectivity index (χ0n) is 19.0. The molecule has 0 unspecified atom stereocenters. The van der Waals surface area contributed by atoms with Gasteiger partial charge >= 0.3 is 5.97 Å². The lowest BCUT2D eigenvalue weighted by molar-refractivity contribution is -0.141. The fourth-order valence-corrected chi connectivity index (χ4v) is 5.00. The molecule has 180 valence electrons. The number of carbonyl (C=O) groups is 2. The molecule has 5 rings (SSSR count). The lowest BCUT2D eigenvalue weighted by atomic mass is 10.0. The topological polar surface area (TPSA) is 95.9 Å². The van der Waals surface area contributed by atoms with Crippen molar-refractivity contribution in [2.45, 2.75) is 24.9 Å². The van der Waals surface area contributed by atoms with E-state index < -0.39 is 18.1 Å². The number of amides is 1. The van der Waals surface area contributed by atoms with E-state index in [1.165, 1.54) is 4.90 Å². The number of carbonyl (C=O) groups excluding carboxylic acids is 1. The van der Waals surface area contributed by atoms with Crippen molar-refractivity contribution in [2.24, 2.45) is 0 Å². The first-order valence-corrected chi connectivity index (χ1v) is 12.0. The zero-order chi connectivity index (χ0) is 24.4. The molecule has 0 radical (unpaired) electrons. The third kappa shape index (κ3) is 4.72. The number of anilines is 1. The number of rotatable bonds is 5. The Morgan fingerprint density at radius 1 is 0.943 bits per heavy atom. The van der Waals surface area contributed by atoms with Gasteiger partial charge in [0.25, 0.3) is 5.91 Å². The maximum absolute atomic E-state index is 13.5. The van der Waals surface area contributed by atoms with Crippen LogP contribution in [0.5, 0.6) is 0 Å². The molecule has 1 N–H and O–H groups in total. The molecule has 2 atom stereocenters. The molecule has 0 spiro atoms. The first-order chi connectivity index (χ1) is 17.0. The van der Waals surface area contributed by atoms with Crippen LogP contribution in [0.1, 0.15) is 34.8 Å². The molecule has 35 heavy (non-hydrogen) atoms. The fourth-order valence-electron chi connectivity index (χ4n) is 4.74. The summed E-state index contributed by atoms with van der Waals surface area (Å²) in [5.41, 5.74) is 2.89. The summed E-state index contributed by atoms with van der Waals surface area (Å²) < 4.78 is 5.37. The summed E-state index contributed by atoms with van der Waals surface area (Å²) in [6.07, 6.45) is 4.45. The quantitative estimate of drug-likeness (QED) is 0.573. The summed E-state index contributed by atoms with van der Waals surface area (Å²) in [6, 6.07) is 13.1. The van der Waals surface area contributed by atoms with E-state index in [9.17, 15) is 14.7 Å². The molecule has 0 aliphatic carbocycles. The number of carboxylic acid groups (broad SMARTS) is 1. The van der Waals surface area contributed by atoms with Crippen LogP contribution in [-0.2, 0) is 9.53 Å². The predicted molar refractivity (Wildman–Crippen MR) is 132 cm³/mol. The fraction of sp³-hybridized carbons (Fsp3) is 0.308. The van der Waals surface area contributed by atoms with Gasteiger partial charge in [-0.2, -0.15) is 0 Å². The normalized spacial score (nSPS) is 20.1. The molecular weight excluding hydrogens is 468 g/mol. The number of ether oxygens (including phenoxy) is 1. The summed E-state index contributed by atoms with van der Waals surface area (Å²) in [7, 11) is 0. The minimum atomic E-state index is -1.01. The van der Waals surface area contributed by atoms with Crippen molar-refractivity contribution in [1.82, 2.24) is 14.9 Å². The van der Waals surface area contributed by atoms with Crippen molar-refractivity contribution < 1.29 is 19.4 Å². The van der Waals surface area contributed by atoms with Gasteiger partial charge in [-0.05, 0) is 42.2 Å². The molecule has 8 nitrogen and oxygen atoms in total.